The second-order valence-electron chi connectivity index (χ2n) is 4.81. The summed E-state index contributed by atoms with van der Waals surface area (Å²) >= 11 is 0. The lowest BCUT2D eigenvalue weighted by Gasteiger charge is -1.98. The van der Waals surface area contributed by atoms with E-state index in [2.05, 4.69) is 15.2 Å². The molecule has 7 heteroatoms. The highest BCUT2D eigenvalue weighted by molar-refractivity contribution is 5.88. The molecule has 0 aliphatic carbocycles. The molecule has 0 N–H and O–H groups in total. The first kappa shape index (κ1) is 15.0. The van der Waals surface area contributed by atoms with Gasteiger partial charge in [-0.2, -0.15) is 0 Å². The summed E-state index contributed by atoms with van der Waals surface area (Å²) in [5, 5.41) is 7.59. The first-order valence-corrected chi connectivity index (χ1v) is 7.18. The van der Waals surface area contributed by atoms with Gasteiger partial charge in [0, 0.05) is 12.0 Å². The van der Waals surface area contributed by atoms with E-state index in [-0.39, 0.29) is 18.2 Å². The number of hydrogen-bond donors (Lipinski definition) is 0. The smallest absolute Gasteiger partial charge is 0.361 e. The number of oxazole rings is 1. The van der Waals surface area contributed by atoms with Gasteiger partial charge in [-0.25, -0.2) is 9.78 Å². The summed E-state index contributed by atoms with van der Waals surface area (Å²) < 4.78 is 16.0. The number of esters is 1. The fourth-order valence-electron chi connectivity index (χ4n) is 1.98. The van der Waals surface area contributed by atoms with E-state index in [1.807, 2.05) is 37.3 Å². The zero-order chi connectivity index (χ0) is 16.2. The van der Waals surface area contributed by atoms with Gasteiger partial charge in [0.15, 0.2) is 12.3 Å². The Labute approximate surface area is 132 Å². The van der Waals surface area contributed by atoms with Crippen molar-refractivity contribution in [3.63, 3.8) is 0 Å². The van der Waals surface area contributed by atoms with Crippen LogP contribution in [0.15, 0.2) is 39.2 Å². The second-order valence-corrected chi connectivity index (χ2v) is 4.81. The van der Waals surface area contributed by atoms with Gasteiger partial charge in [0.05, 0.1) is 0 Å². The highest BCUT2D eigenvalue weighted by atomic mass is 16.5. The first-order valence-electron chi connectivity index (χ1n) is 7.18. The number of aryl methyl sites for hydroxylation is 2. The Morgan fingerprint density at radius 2 is 1.87 bits per heavy atom. The van der Waals surface area contributed by atoms with Gasteiger partial charge in [0.1, 0.15) is 5.76 Å². The second kappa shape index (κ2) is 6.43. The molecule has 0 radical (unpaired) electrons. The normalized spacial score (nSPS) is 10.7. The van der Waals surface area contributed by atoms with Crippen molar-refractivity contribution in [2.75, 3.05) is 0 Å². The molecule has 0 bridgehead atoms. The van der Waals surface area contributed by atoms with Gasteiger partial charge in [-0.15, -0.1) is 10.2 Å². The number of carbonyl (C=O) groups is 1. The lowest BCUT2D eigenvalue weighted by molar-refractivity contribution is 0.0428. The van der Waals surface area contributed by atoms with E-state index < -0.39 is 5.97 Å². The van der Waals surface area contributed by atoms with Crippen LogP contribution < -0.4 is 0 Å². The molecule has 118 valence electrons. The van der Waals surface area contributed by atoms with Gasteiger partial charge in [0.25, 0.3) is 5.89 Å². The molecular formula is C16H15N3O4. The molecular weight excluding hydrogens is 298 g/mol. The van der Waals surface area contributed by atoms with Crippen LogP contribution in [0.1, 0.15) is 35.0 Å². The molecule has 0 amide bonds. The van der Waals surface area contributed by atoms with Crippen LogP contribution in [0.5, 0.6) is 0 Å². The fraction of sp³-hybridized carbons (Fsp3) is 0.250. The maximum Gasteiger partial charge on any atom is 0.361 e. The van der Waals surface area contributed by atoms with Crippen LogP contribution in [0, 0.1) is 6.92 Å². The summed E-state index contributed by atoms with van der Waals surface area (Å²) in [5.41, 5.74) is 0.929. The average Bonchev–Trinajstić information content (AvgIpc) is 3.20. The van der Waals surface area contributed by atoms with Crippen molar-refractivity contribution < 1.29 is 18.4 Å². The standard InChI is InChI=1S/C16H15N3O4/c1-3-12-18-19-13(23-12)9-21-16(20)14-10(2)22-15(17-14)11-7-5-4-6-8-11/h4-8H,3,9H2,1-2H3. The maximum atomic E-state index is 12.1. The number of benzene rings is 1. The Hall–Kier alpha value is -2.96. The first-order chi connectivity index (χ1) is 11.2. The summed E-state index contributed by atoms with van der Waals surface area (Å²) in [4.78, 5) is 16.3. The molecule has 0 spiro atoms. The molecule has 3 rings (SSSR count). The van der Waals surface area contributed by atoms with Crippen molar-refractivity contribution in [1.82, 2.24) is 15.2 Å². The average molecular weight is 313 g/mol. The summed E-state index contributed by atoms with van der Waals surface area (Å²) in [6.07, 6.45) is 0.629. The van der Waals surface area contributed by atoms with Crippen LogP contribution in [-0.4, -0.2) is 21.2 Å². The van der Waals surface area contributed by atoms with Crippen LogP contribution in [0.3, 0.4) is 0 Å². The molecule has 0 fully saturated rings. The number of aromatic nitrogens is 3. The quantitative estimate of drug-likeness (QED) is 0.669. The summed E-state index contributed by atoms with van der Waals surface area (Å²) in [5.74, 6) is 0.930. The Balaban J connectivity index is 1.71. The Morgan fingerprint density at radius 1 is 1.13 bits per heavy atom. The topological polar surface area (TPSA) is 91.2 Å². The number of ether oxygens (including phenoxy) is 1. The van der Waals surface area contributed by atoms with Crippen molar-refractivity contribution >= 4 is 5.97 Å². The summed E-state index contributed by atoms with van der Waals surface area (Å²) in [6, 6.07) is 9.33. The fourth-order valence-corrected chi connectivity index (χ4v) is 1.98. The molecule has 0 aliphatic rings. The highest BCUT2D eigenvalue weighted by Gasteiger charge is 2.20. The van der Waals surface area contributed by atoms with Crippen LogP contribution >= 0.6 is 0 Å². The van der Waals surface area contributed by atoms with Gasteiger partial charge >= 0.3 is 5.97 Å². The van der Waals surface area contributed by atoms with Crippen molar-refractivity contribution in [2.45, 2.75) is 26.9 Å². The molecule has 1 aromatic carbocycles. The molecule has 0 unspecified atom stereocenters. The van der Waals surface area contributed by atoms with E-state index in [1.54, 1.807) is 6.92 Å². The predicted molar refractivity (Wildman–Crippen MR) is 79.5 cm³/mol. The largest absolute Gasteiger partial charge is 0.451 e. The SMILES string of the molecule is CCc1nnc(COC(=O)c2nc(-c3ccccc3)oc2C)o1. The van der Waals surface area contributed by atoms with Gasteiger partial charge in [-0.3, -0.25) is 0 Å². The lowest BCUT2D eigenvalue weighted by Crippen LogP contribution is -2.07. The molecule has 3 aromatic rings. The van der Waals surface area contributed by atoms with E-state index >= 15 is 0 Å². The van der Waals surface area contributed by atoms with Crippen LogP contribution in [-0.2, 0) is 17.8 Å². The number of nitrogens with zero attached hydrogens (tertiary/aromatic N) is 3. The Morgan fingerprint density at radius 3 is 2.57 bits per heavy atom. The van der Waals surface area contributed by atoms with Crippen LogP contribution in [0.4, 0.5) is 0 Å². The monoisotopic (exact) mass is 313 g/mol. The van der Waals surface area contributed by atoms with Gasteiger partial charge < -0.3 is 13.6 Å². The predicted octanol–water partition coefficient (Wildman–Crippen LogP) is 2.95. The minimum Gasteiger partial charge on any atom is -0.451 e. The third-order valence-corrected chi connectivity index (χ3v) is 3.15. The summed E-state index contributed by atoms with van der Waals surface area (Å²) in [6.45, 7) is 3.46. The Kier molecular flexibility index (Phi) is 4.18. The number of rotatable bonds is 5. The molecule has 0 saturated heterocycles. The maximum absolute atomic E-state index is 12.1. The minimum atomic E-state index is -0.593. The van der Waals surface area contributed by atoms with E-state index in [9.17, 15) is 4.79 Å². The number of carbonyl (C=O) groups excluding carboxylic acids is 1. The van der Waals surface area contributed by atoms with Crippen molar-refractivity contribution in [3.05, 3.63) is 53.6 Å². The van der Waals surface area contributed by atoms with E-state index in [1.165, 1.54) is 0 Å². The Bertz CT molecular complexity index is 808. The molecule has 2 aromatic heterocycles. The van der Waals surface area contributed by atoms with E-state index in [4.69, 9.17) is 13.6 Å². The molecule has 0 saturated carbocycles. The van der Waals surface area contributed by atoms with Gasteiger partial charge in [-0.05, 0) is 19.1 Å². The van der Waals surface area contributed by atoms with Crippen LogP contribution in [0.25, 0.3) is 11.5 Å². The number of hydrogen-bond acceptors (Lipinski definition) is 7. The molecule has 7 nitrogen and oxygen atoms in total. The van der Waals surface area contributed by atoms with Crippen molar-refractivity contribution in [1.29, 1.82) is 0 Å². The lowest BCUT2D eigenvalue weighted by atomic mass is 10.2. The van der Waals surface area contributed by atoms with Crippen LogP contribution in [0.2, 0.25) is 0 Å². The highest BCUT2D eigenvalue weighted by Crippen LogP contribution is 2.22. The van der Waals surface area contributed by atoms with Crippen molar-refractivity contribution in [3.8, 4) is 11.5 Å². The zero-order valence-electron chi connectivity index (χ0n) is 12.8. The third kappa shape index (κ3) is 3.28. The minimum absolute atomic E-state index is 0.0984. The zero-order valence-corrected chi connectivity index (χ0v) is 12.8. The molecule has 2 heterocycles. The van der Waals surface area contributed by atoms with E-state index in [0.29, 0.717) is 24.0 Å². The summed E-state index contributed by atoms with van der Waals surface area (Å²) in [7, 11) is 0. The molecule has 0 atom stereocenters. The van der Waals surface area contributed by atoms with Gasteiger partial charge in [-0.1, -0.05) is 25.1 Å². The van der Waals surface area contributed by atoms with Gasteiger partial charge in [0.2, 0.25) is 11.8 Å². The molecule has 23 heavy (non-hydrogen) atoms. The third-order valence-electron chi connectivity index (χ3n) is 3.15. The van der Waals surface area contributed by atoms with E-state index in [0.717, 1.165) is 5.56 Å². The molecule has 0 aliphatic heterocycles. The van der Waals surface area contributed by atoms with Crippen molar-refractivity contribution in [2.24, 2.45) is 0 Å².